The van der Waals surface area contributed by atoms with Crippen LogP contribution in [0.1, 0.15) is 40.7 Å². The van der Waals surface area contributed by atoms with Crippen LogP contribution in [-0.2, 0) is 16.6 Å². The van der Waals surface area contributed by atoms with E-state index < -0.39 is 10.0 Å². The molecule has 27 heavy (non-hydrogen) atoms. The largest absolute Gasteiger partial charge is 0.339 e. The van der Waals surface area contributed by atoms with Crippen LogP contribution in [0.2, 0.25) is 0 Å². The summed E-state index contributed by atoms with van der Waals surface area (Å²) in [6.07, 6.45) is 3.19. The summed E-state index contributed by atoms with van der Waals surface area (Å²) in [5.41, 5.74) is 1.56. The van der Waals surface area contributed by atoms with Crippen molar-refractivity contribution in [2.45, 2.75) is 30.7 Å². The first-order valence-electron chi connectivity index (χ1n) is 8.88. The minimum atomic E-state index is -3.74. The van der Waals surface area contributed by atoms with Crippen molar-refractivity contribution < 1.29 is 13.2 Å². The average Bonchev–Trinajstić information content (AvgIpc) is 2.72. The molecule has 0 bridgehead atoms. The zero-order valence-corrected chi connectivity index (χ0v) is 15.7. The number of rotatable bonds is 5. The van der Waals surface area contributed by atoms with Gasteiger partial charge in [0.1, 0.15) is 0 Å². The molecule has 7 heteroatoms. The van der Waals surface area contributed by atoms with Crippen molar-refractivity contribution in [3.05, 3.63) is 65.2 Å². The fourth-order valence-electron chi connectivity index (χ4n) is 3.09. The van der Waals surface area contributed by atoms with Crippen LogP contribution in [0.15, 0.2) is 53.4 Å². The Morgan fingerprint density at radius 2 is 1.81 bits per heavy atom. The lowest BCUT2D eigenvalue weighted by Crippen LogP contribution is -2.35. The van der Waals surface area contributed by atoms with E-state index in [1.165, 1.54) is 18.2 Å². The predicted octanol–water partition coefficient (Wildman–Crippen LogP) is 2.66. The minimum Gasteiger partial charge on any atom is -0.339 e. The monoisotopic (exact) mass is 383 g/mol. The van der Waals surface area contributed by atoms with E-state index in [0.717, 1.165) is 32.4 Å². The molecule has 0 saturated carbocycles. The highest BCUT2D eigenvalue weighted by molar-refractivity contribution is 7.89. The molecule has 140 valence electrons. The second-order valence-corrected chi connectivity index (χ2v) is 8.28. The zero-order valence-electron chi connectivity index (χ0n) is 14.9. The van der Waals surface area contributed by atoms with Gasteiger partial charge in [-0.15, -0.1) is 0 Å². The van der Waals surface area contributed by atoms with Crippen LogP contribution >= 0.6 is 0 Å². The Morgan fingerprint density at radius 3 is 2.56 bits per heavy atom. The fraction of sp³-hybridized carbons (Fsp3) is 0.300. The number of carbonyl (C=O) groups is 1. The molecule has 0 unspecified atom stereocenters. The first-order valence-corrected chi connectivity index (χ1v) is 10.4. The topological polar surface area (TPSA) is 90.3 Å². The Balaban J connectivity index is 1.71. The van der Waals surface area contributed by atoms with Crippen LogP contribution in [0.3, 0.4) is 0 Å². The molecule has 2 aromatic carbocycles. The van der Waals surface area contributed by atoms with Gasteiger partial charge in [-0.05, 0) is 55.2 Å². The van der Waals surface area contributed by atoms with Crippen LogP contribution in [0.4, 0.5) is 0 Å². The maximum absolute atomic E-state index is 12.6. The molecule has 1 amide bonds. The SMILES string of the molecule is N#Cc1cccc(S(=O)(=O)NCc2cccc(C(=O)N3CCCCC3)c2)c1. The van der Waals surface area contributed by atoms with Crippen molar-refractivity contribution in [1.29, 1.82) is 5.26 Å². The molecule has 1 aliphatic rings. The molecule has 0 radical (unpaired) electrons. The molecule has 1 aliphatic heterocycles. The van der Waals surface area contributed by atoms with E-state index in [2.05, 4.69) is 4.72 Å². The molecule has 0 spiro atoms. The highest BCUT2D eigenvalue weighted by atomic mass is 32.2. The van der Waals surface area contributed by atoms with Crippen LogP contribution in [0.5, 0.6) is 0 Å². The maximum atomic E-state index is 12.6. The Bertz CT molecular complexity index is 974. The van der Waals surface area contributed by atoms with Gasteiger partial charge in [-0.3, -0.25) is 4.79 Å². The predicted molar refractivity (Wildman–Crippen MR) is 101 cm³/mol. The van der Waals surface area contributed by atoms with Crippen LogP contribution in [0.25, 0.3) is 0 Å². The highest BCUT2D eigenvalue weighted by Crippen LogP contribution is 2.15. The van der Waals surface area contributed by atoms with E-state index in [1.807, 2.05) is 11.0 Å². The Labute approximate surface area is 159 Å². The molecule has 0 aromatic heterocycles. The normalized spacial score (nSPS) is 14.6. The Morgan fingerprint density at radius 1 is 1.07 bits per heavy atom. The number of amides is 1. The summed E-state index contributed by atoms with van der Waals surface area (Å²) in [5, 5.41) is 8.92. The molecule has 2 aromatic rings. The molecular formula is C20H21N3O3S. The lowest BCUT2D eigenvalue weighted by atomic mass is 10.1. The van der Waals surface area contributed by atoms with Gasteiger partial charge < -0.3 is 4.90 Å². The maximum Gasteiger partial charge on any atom is 0.253 e. The first kappa shape index (κ1) is 19.1. The summed E-state index contributed by atoms with van der Waals surface area (Å²) < 4.78 is 27.4. The molecular weight excluding hydrogens is 362 g/mol. The van der Waals surface area contributed by atoms with E-state index in [9.17, 15) is 13.2 Å². The molecule has 0 aliphatic carbocycles. The summed E-state index contributed by atoms with van der Waals surface area (Å²) in [6, 6.07) is 14.8. The van der Waals surface area contributed by atoms with Crippen molar-refractivity contribution in [2.24, 2.45) is 0 Å². The van der Waals surface area contributed by atoms with Crippen molar-refractivity contribution in [2.75, 3.05) is 13.1 Å². The van der Waals surface area contributed by atoms with Gasteiger partial charge in [-0.1, -0.05) is 18.2 Å². The number of sulfonamides is 1. The van der Waals surface area contributed by atoms with E-state index >= 15 is 0 Å². The third-order valence-corrected chi connectivity index (χ3v) is 5.96. The van der Waals surface area contributed by atoms with Crippen molar-refractivity contribution in [3.63, 3.8) is 0 Å². The van der Waals surface area contributed by atoms with Crippen molar-refractivity contribution in [3.8, 4) is 6.07 Å². The summed E-state index contributed by atoms with van der Waals surface area (Å²) in [4.78, 5) is 14.5. The molecule has 0 atom stereocenters. The number of hydrogen-bond donors (Lipinski definition) is 1. The molecule has 1 fully saturated rings. The van der Waals surface area contributed by atoms with Crippen molar-refractivity contribution >= 4 is 15.9 Å². The van der Waals surface area contributed by atoms with Gasteiger partial charge in [0.2, 0.25) is 10.0 Å². The number of likely N-dealkylation sites (tertiary alicyclic amines) is 1. The van der Waals surface area contributed by atoms with Gasteiger partial charge in [0.25, 0.3) is 5.91 Å². The van der Waals surface area contributed by atoms with Crippen molar-refractivity contribution in [1.82, 2.24) is 9.62 Å². The zero-order chi connectivity index (χ0) is 19.3. The molecule has 1 N–H and O–H groups in total. The quantitative estimate of drug-likeness (QED) is 0.859. The fourth-order valence-corrected chi connectivity index (χ4v) is 4.15. The van der Waals surface area contributed by atoms with E-state index in [4.69, 9.17) is 5.26 Å². The van der Waals surface area contributed by atoms with Gasteiger partial charge in [0, 0.05) is 25.2 Å². The smallest absolute Gasteiger partial charge is 0.253 e. The van der Waals surface area contributed by atoms with E-state index in [-0.39, 0.29) is 22.9 Å². The van der Waals surface area contributed by atoms with Crippen LogP contribution in [0, 0.1) is 11.3 Å². The Hall–Kier alpha value is -2.69. The number of benzene rings is 2. The van der Waals surface area contributed by atoms with E-state index in [1.54, 1.807) is 30.3 Å². The number of hydrogen-bond acceptors (Lipinski definition) is 4. The number of nitriles is 1. The Kier molecular flexibility index (Phi) is 5.89. The second kappa shape index (κ2) is 8.33. The first-order chi connectivity index (χ1) is 13.0. The number of nitrogens with zero attached hydrogens (tertiary/aromatic N) is 2. The molecule has 1 heterocycles. The van der Waals surface area contributed by atoms with Gasteiger partial charge in [-0.2, -0.15) is 5.26 Å². The summed E-state index contributed by atoms with van der Waals surface area (Å²) in [6.45, 7) is 1.61. The third kappa shape index (κ3) is 4.73. The van der Waals surface area contributed by atoms with Crippen LogP contribution in [-0.4, -0.2) is 32.3 Å². The molecule has 3 rings (SSSR count). The lowest BCUT2D eigenvalue weighted by molar-refractivity contribution is 0.0724. The molecule has 6 nitrogen and oxygen atoms in total. The van der Waals surface area contributed by atoms with Gasteiger partial charge in [0.05, 0.1) is 16.5 Å². The summed E-state index contributed by atoms with van der Waals surface area (Å²) >= 11 is 0. The highest BCUT2D eigenvalue weighted by Gasteiger charge is 2.19. The number of piperidine rings is 1. The number of nitrogens with one attached hydrogen (secondary N) is 1. The standard InChI is InChI=1S/C20H21N3O3S/c21-14-16-6-5-9-19(13-16)27(25,26)22-15-17-7-4-8-18(12-17)20(24)23-10-2-1-3-11-23/h4-9,12-13,22H,1-3,10-11,15H2. The van der Waals surface area contributed by atoms with Gasteiger partial charge in [-0.25, -0.2) is 13.1 Å². The minimum absolute atomic E-state index is 0.0128. The van der Waals surface area contributed by atoms with Gasteiger partial charge >= 0.3 is 0 Å². The third-order valence-electron chi connectivity index (χ3n) is 4.56. The lowest BCUT2D eigenvalue weighted by Gasteiger charge is -2.26. The average molecular weight is 383 g/mol. The van der Waals surface area contributed by atoms with Crippen LogP contribution < -0.4 is 4.72 Å². The summed E-state index contributed by atoms with van der Waals surface area (Å²) in [7, 11) is -3.74. The van der Waals surface area contributed by atoms with Gasteiger partial charge in [0.15, 0.2) is 0 Å². The summed E-state index contributed by atoms with van der Waals surface area (Å²) in [5.74, 6) is -0.0128. The number of carbonyl (C=O) groups excluding carboxylic acids is 1. The molecule has 1 saturated heterocycles. The second-order valence-electron chi connectivity index (χ2n) is 6.52. The van der Waals surface area contributed by atoms with E-state index in [0.29, 0.717) is 11.1 Å².